The van der Waals surface area contributed by atoms with Crippen LogP contribution in [0, 0.1) is 5.82 Å². The van der Waals surface area contributed by atoms with Crippen molar-refractivity contribution >= 4 is 11.6 Å². The molecule has 0 aliphatic rings. The molecule has 114 valence electrons. The lowest BCUT2D eigenvalue weighted by Gasteiger charge is -2.16. The lowest BCUT2D eigenvalue weighted by molar-refractivity contribution is -0.174. The number of benzene rings is 1. The van der Waals surface area contributed by atoms with Gasteiger partial charge in [-0.3, -0.25) is 11.3 Å². The van der Waals surface area contributed by atoms with E-state index in [2.05, 4.69) is 10.2 Å². The number of rotatable bonds is 7. The molecule has 0 saturated heterocycles. The van der Waals surface area contributed by atoms with E-state index in [1.165, 1.54) is 12.1 Å². The van der Waals surface area contributed by atoms with Gasteiger partial charge in [0.05, 0.1) is 5.02 Å². The van der Waals surface area contributed by atoms with Crippen molar-refractivity contribution in [2.45, 2.75) is 25.1 Å². The molecule has 1 aromatic rings. The summed E-state index contributed by atoms with van der Waals surface area (Å²) in [5, 5.41) is 0.0134. The molecule has 1 atom stereocenters. The highest BCUT2D eigenvalue weighted by atomic mass is 35.5. The Morgan fingerprint density at radius 2 is 2.05 bits per heavy atom. The van der Waals surface area contributed by atoms with E-state index in [0.29, 0.717) is 12.0 Å². The first-order valence-electron chi connectivity index (χ1n) is 5.86. The van der Waals surface area contributed by atoms with E-state index in [-0.39, 0.29) is 24.1 Å². The number of hydrazine groups is 1. The first-order chi connectivity index (χ1) is 9.31. The van der Waals surface area contributed by atoms with Crippen molar-refractivity contribution in [3.8, 4) is 0 Å². The average Bonchev–Trinajstić information content (AvgIpc) is 2.36. The van der Waals surface area contributed by atoms with Gasteiger partial charge in [0.25, 0.3) is 0 Å². The summed E-state index contributed by atoms with van der Waals surface area (Å²) in [5.41, 5.74) is 3.11. The summed E-state index contributed by atoms with van der Waals surface area (Å²) in [7, 11) is 0. The molecule has 1 rings (SSSR count). The van der Waals surface area contributed by atoms with Gasteiger partial charge in [0.15, 0.2) is 0 Å². The average molecular weight is 315 g/mol. The Morgan fingerprint density at radius 3 is 2.60 bits per heavy atom. The molecule has 0 fully saturated rings. The van der Waals surface area contributed by atoms with Crippen LogP contribution in [0.3, 0.4) is 0 Å². The minimum Gasteiger partial charge on any atom is -0.372 e. The minimum absolute atomic E-state index is 0.0134. The van der Waals surface area contributed by atoms with E-state index in [4.69, 9.17) is 17.4 Å². The maximum atomic E-state index is 13.2. The van der Waals surface area contributed by atoms with E-state index in [1.54, 1.807) is 6.07 Å². The smallest absolute Gasteiger partial charge is 0.372 e. The molecule has 0 heterocycles. The van der Waals surface area contributed by atoms with E-state index in [0.717, 1.165) is 0 Å². The summed E-state index contributed by atoms with van der Waals surface area (Å²) in [5.74, 6) is 4.76. The Balaban J connectivity index is 2.41. The van der Waals surface area contributed by atoms with Crippen LogP contribution in [0.15, 0.2) is 18.2 Å². The van der Waals surface area contributed by atoms with Crippen molar-refractivity contribution in [1.82, 2.24) is 5.43 Å². The predicted octanol–water partition coefficient (Wildman–Crippen LogP) is 2.82. The van der Waals surface area contributed by atoms with E-state index in [1.807, 2.05) is 0 Å². The predicted molar refractivity (Wildman–Crippen MR) is 67.7 cm³/mol. The number of nitrogens with two attached hydrogens (primary N) is 1. The summed E-state index contributed by atoms with van der Waals surface area (Å²) < 4.78 is 53.3. The van der Waals surface area contributed by atoms with Crippen LogP contribution in [0.2, 0.25) is 5.02 Å². The summed E-state index contributed by atoms with van der Waals surface area (Å²) >= 11 is 5.55. The number of halogens is 5. The third-order valence-corrected chi connectivity index (χ3v) is 2.88. The maximum absolute atomic E-state index is 13.2. The van der Waals surface area contributed by atoms with Gasteiger partial charge in [0.2, 0.25) is 0 Å². The molecule has 0 aliphatic heterocycles. The van der Waals surface area contributed by atoms with Crippen LogP contribution in [0.4, 0.5) is 17.6 Å². The van der Waals surface area contributed by atoms with Gasteiger partial charge >= 0.3 is 6.18 Å². The lowest BCUT2D eigenvalue weighted by atomic mass is 10.0. The second-order valence-electron chi connectivity index (χ2n) is 4.27. The first-order valence-corrected chi connectivity index (χ1v) is 6.24. The molecule has 0 amide bonds. The van der Waals surface area contributed by atoms with Crippen LogP contribution in [0.5, 0.6) is 0 Å². The van der Waals surface area contributed by atoms with Crippen LogP contribution in [0.1, 0.15) is 12.0 Å². The van der Waals surface area contributed by atoms with Crippen molar-refractivity contribution in [1.29, 1.82) is 0 Å². The van der Waals surface area contributed by atoms with Crippen molar-refractivity contribution in [2.75, 3.05) is 13.2 Å². The van der Waals surface area contributed by atoms with Crippen LogP contribution >= 0.6 is 11.6 Å². The van der Waals surface area contributed by atoms with Crippen molar-refractivity contribution < 1.29 is 22.3 Å². The molecular formula is C12H15ClF4N2O. The van der Waals surface area contributed by atoms with E-state index >= 15 is 0 Å². The molecule has 0 saturated carbocycles. The number of hydrogen-bond acceptors (Lipinski definition) is 3. The molecular weight excluding hydrogens is 300 g/mol. The quantitative estimate of drug-likeness (QED) is 0.352. The number of hydrogen-bond donors (Lipinski definition) is 2. The SMILES string of the molecule is NNC(CCOCC(F)(F)F)Cc1ccc(Cl)c(F)c1. The van der Waals surface area contributed by atoms with E-state index < -0.39 is 18.6 Å². The zero-order valence-corrected chi connectivity index (χ0v) is 11.3. The minimum atomic E-state index is -4.34. The second-order valence-corrected chi connectivity index (χ2v) is 4.68. The Kier molecular flexibility index (Phi) is 6.67. The molecule has 3 N–H and O–H groups in total. The van der Waals surface area contributed by atoms with Crippen molar-refractivity contribution in [2.24, 2.45) is 5.84 Å². The standard InChI is InChI=1S/C12H15ClF4N2O/c13-10-2-1-8(6-11(10)14)5-9(19-18)3-4-20-7-12(15,16)17/h1-2,6,9,19H,3-5,7,18H2. The summed E-state index contributed by atoms with van der Waals surface area (Å²) in [4.78, 5) is 0. The Morgan fingerprint density at radius 1 is 1.35 bits per heavy atom. The van der Waals surface area contributed by atoms with Gasteiger partial charge < -0.3 is 4.74 Å². The number of ether oxygens (including phenoxy) is 1. The Hall–Kier alpha value is -0.890. The van der Waals surface area contributed by atoms with Crippen LogP contribution in [-0.2, 0) is 11.2 Å². The molecule has 0 aliphatic carbocycles. The van der Waals surface area contributed by atoms with Crippen LogP contribution in [-0.4, -0.2) is 25.4 Å². The molecule has 0 spiro atoms. The Bertz CT molecular complexity index is 428. The molecule has 1 aromatic carbocycles. The fourth-order valence-electron chi connectivity index (χ4n) is 1.61. The highest BCUT2D eigenvalue weighted by Crippen LogP contribution is 2.17. The van der Waals surface area contributed by atoms with Gasteiger partial charge in [0, 0.05) is 12.6 Å². The zero-order chi connectivity index (χ0) is 15.2. The molecule has 3 nitrogen and oxygen atoms in total. The Labute approximate surface area is 119 Å². The van der Waals surface area contributed by atoms with Gasteiger partial charge in [-0.1, -0.05) is 17.7 Å². The van der Waals surface area contributed by atoms with Crippen LogP contribution < -0.4 is 11.3 Å². The number of alkyl halides is 3. The molecule has 20 heavy (non-hydrogen) atoms. The molecule has 1 unspecified atom stereocenters. The normalized spacial score (nSPS) is 13.5. The largest absolute Gasteiger partial charge is 0.411 e. The third-order valence-electron chi connectivity index (χ3n) is 2.58. The fourth-order valence-corrected chi connectivity index (χ4v) is 1.73. The van der Waals surface area contributed by atoms with E-state index in [9.17, 15) is 17.6 Å². The number of nitrogens with one attached hydrogen (secondary N) is 1. The molecule has 0 bridgehead atoms. The van der Waals surface area contributed by atoms with Gasteiger partial charge in [-0.15, -0.1) is 0 Å². The second kappa shape index (κ2) is 7.78. The van der Waals surface area contributed by atoms with Gasteiger partial charge in [0.1, 0.15) is 12.4 Å². The summed E-state index contributed by atoms with van der Waals surface area (Å²) in [6.45, 7) is -1.38. The summed E-state index contributed by atoms with van der Waals surface area (Å²) in [6.07, 6.45) is -3.71. The van der Waals surface area contributed by atoms with Gasteiger partial charge in [-0.05, 0) is 30.5 Å². The van der Waals surface area contributed by atoms with Gasteiger partial charge in [-0.25, -0.2) is 4.39 Å². The maximum Gasteiger partial charge on any atom is 0.411 e. The van der Waals surface area contributed by atoms with Crippen molar-refractivity contribution in [3.63, 3.8) is 0 Å². The fraction of sp³-hybridized carbons (Fsp3) is 0.500. The van der Waals surface area contributed by atoms with Crippen molar-refractivity contribution in [3.05, 3.63) is 34.6 Å². The topological polar surface area (TPSA) is 47.3 Å². The lowest BCUT2D eigenvalue weighted by Crippen LogP contribution is -2.38. The highest BCUT2D eigenvalue weighted by Gasteiger charge is 2.27. The first kappa shape index (κ1) is 17.2. The molecule has 8 heteroatoms. The molecule has 0 aromatic heterocycles. The third kappa shape index (κ3) is 6.51. The monoisotopic (exact) mass is 314 g/mol. The molecule has 0 radical (unpaired) electrons. The van der Waals surface area contributed by atoms with Crippen LogP contribution in [0.25, 0.3) is 0 Å². The van der Waals surface area contributed by atoms with Gasteiger partial charge in [-0.2, -0.15) is 13.2 Å². The summed E-state index contributed by atoms with van der Waals surface area (Å²) in [6, 6.07) is 4.00. The zero-order valence-electron chi connectivity index (χ0n) is 10.5. The highest BCUT2D eigenvalue weighted by molar-refractivity contribution is 6.30.